The molecule has 0 amide bonds. The second kappa shape index (κ2) is 12.7. The van der Waals surface area contributed by atoms with Gasteiger partial charge in [-0.05, 0) is 54.4 Å². The molecule has 5 rings (SSSR count). The third kappa shape index (κ3) is 6.64. The second-order valence-electron chi connectivity index (χ2n) is 13.9. The van der Waals surface area contributed by atoms with Gasteiger partial charge in [-0.25, -0.2) is 0 Å². The van der Waals surface area contributed by atoms with Crippen LogP contribution in [0.4, 0.5) is 11.4 Å². The summed E-state index contributed by atoms with van der Waals surface area (Å²) in [6.07, 6.45) is 1.20. The molecule has 0 saturated carbocycles. The lowest BCUT2D eigenvalue weighted by Crippen LogP contribution is -2.45. The summed E-state index contributed by atoms with van der Waals surface area (Å²) < 4.78 is 11.8. The lowest BCUT2D eigenvalue weighted by molar-refractivity contribution is -0.394. The van der Waals surface area contributed by atoms with Crippen LogP contribution in [0.15, 0.2) is 52.9 Å². The molecule has 0 bridgehead atoms. The van der Waals surface area contributed by atoms with Crippen molar-refractivity contribution >= 4 is 40.5 Å². The number of halogens is 1. The number of hydrogen-bond donors (Lipinski definition) is 1. The number of nitro benzene ring substituents is 2. The molecule has 14 heteroatoms. The highest BCUT2D eigenvalue weighted by molar-refractivity contribution is 6.32. The first kappa shape index (κ1) is 34.6. The number of Topliss-reactive ketones (excluding diaryl/α,β-unsaturated/α-hetero) is 2. The number of ether oxygens (including phenoxy) is 2. The molecule has 0 atom stereocenters. The van der Waals surface area contributed by atoms with Gasteiger partial charge in [0.15, 0.2) is 23.1 Å². The van der Waals surface area contributed by atoms with Crippen molar-refractivity contribution in [1.29, 1.82) is 0 Å². The first-order chi connectivity index (χ1) is 22.4. The second-order valence-corrected chi connectivity index (χ2v) is 14.3. The minimum Gasteiger partial charge on any atom is -0.490 e. The van der Waals surface area contributed by atoms with Crippen LogP contribution in [0.5, 0.6) is 17.2 Å². The molecule has 3 aliphatic rings. The Bertz CT molecular complexity index is 1770. The fourth-order valence-electron chi connectivity index (χ4n) is 6.93. The lowest BCUT2D eigenvalue weighted by Gasteiger charge is -2.49. The number of ketones is 2. The van der Waals surface area contributed by atoms with Crippen molar-refractivity contribution < 1.29 is 38.8 Å². The van der Waals surface area contributed by atoms with Gasteiger partial charge >= 0.3 is 11.7 Å². The van der Waals surface area contributed by atoms with E-state index >= 15 is 0 Å². The predicted molar refractivity (Wildman–Crippen MR) is 174 cm³/mol. The van der Waals surface area contributed by atoms with Gasteiger partial charge in [-0.3, -0.25) is 34.6 Å². The molecule has 13 nitrogen and oxygen atoms in total. The van der Waals surface area contributed by atoms with Crippen LogP contribution in [0.25, 0.3) is 0 Å². The van der Waals surface area contributed by atoms with Crippen molar-refractivity contribution in [1.82, 2.24) is 4.90 Å². The molecule has 0 aromatic heterocycles. The minimum atomic E-state index is -0.999. The number of benzene rings is 2. The maximum absolute atomic E-state index is 14.1. The van der Waals surface area contributed by atoms with Crippen LogP contribution in [0.2, 0.25) is 5.02 Å². The van der Waals surface area contributed by atoms with Crippen LogP contribution >= 0.6 is 11.6 Å². The predicted octanol–water partition coefficient (Wildman–Crippen LogP) is 7.51. The van der Waals surface area contributed by atoms with Gasteiger partial charge < -0.3 is 19.5 Å². The van der Waals surface area contributed by atoms with Crippen LogP contribution < -0.4 is 9.47 Å². The Labute approximate surface area is 281 Å². The molecular formula is C34H36ClN3O10. The summed E-state index contributed by atoms with van der Waals surface area (Å²) in [6, 6.07) is 6.07. The third-order valence-electron chi connectivity index (χ3n) is 8.80. The Balaban J connectivity index is 1.72. The number of carboxylic acids is 1. The summed E-state index contributed by atoms with van der Waals surface area (Å²) >= 11 is 6.82. The van der Waals surface area contributed by atoms with Gasteiger partial charge in [0, 0.05) is 53.9 Å². The Hall–Kier alpha value is -4.78. The third-order valence-corrected chi connectivity index (χ3v) is 9.08. The Morgan fingerprint density at radius 2 is 1.52 bits per heavy atom. The molecule has 0 radical (unpaired) electrons. The molecule has 0 fully saturated rings. The monoisotopic (exact) mass is 681 g/mol. The van der Waals surface area contributed by atoms with E-state index < -0.39 is 43.9 Å². The number of non-ortho nitro benzene ring substituents is 1. The van der Waals surface area contributed by atoms with Crippen molar-refractivity contribution in [2.24, 2.45) is 10.8 Å². The highest BCUT2D eigenvalue weighted by Gasteiger charge is 2.49. The van der Waals surface area contributed by atoms with Crippen molar-refractivity contribution in [3.63, 3.8) is 0 Å². The molecule has 1 aliphatic heterocycles. The Morgan fingerprint density at radius 3 is 2.02 bits per heavy atom. The van der Waals surface area contributed by atoms with E-state index in [1.165, 1.54) is 6.07 Å². The van der Waals surface area contributed by atoms with Crippen LogP contribution in [0, 0.1) is 31.1 Å². The molecule has 1 heterocycles. The van der Waals surface area contributed by atoms with E-state index in [0.717, 1.165) is 18.2 Å². The number of carbonyl (C=O) groups is 3. The van der Waals surface area contributed by atoms with E-state index in [4.69, 9.17) is 21.1 Å². The van der Waals surface area contributed by atoms with Crippen LogP contribution in [-0.4, -0.2) is 50.5 Å². The van der Waals surface area contributed by atoms with Crippen LogP contribution in [0.1, 0.15) is 78.2 Å². The standard InChI is InChI=1S/C34H36ClN3O10/c1-6-47-27-12-18(11-20(35)32(27)48-26-8-7-19(37(43)44)13-21(26)38(45)46)29-30-22(14-33(2,3)16-24(30)39)36(10-9-28(41)42)23-15-34(4,5)17-25(40)31(23)29/h7-8,11-13,29H,6,9-10,14-17H2,1-5H3,(H,41,42). The molecule has 2 aromatic carbocycles. The highest BCUT2D eigenvalue weighted by atomic mass is 35.5. The molecule has 2 aromatic rings. The van der Waals surface area contributed by atoms with E-state index in [1.807, 2.05) is 32.6 Å². The Kier molecular flexibility index (Phi) is 9.13. The first-order valence-corrected chi connectivity index (χ1v) is 15.9. The van der Waals surface area contributed by atoms with Crippen molar-refractivity contribution in [2.75, 3.05) is 13.2 Å². The van der Waals surface area contributed by atoms with Crippen LogP contribution in [0.3, 0.4) is 0 Å². The number of aliphatic carboxylic acids is 1. The van der Waals surface area contributed by atoms with E-state index in [2.05, 4.69) is 0 Å². The average Bonchev–Trinajstić information content (AvgIpc) is 2.96. The minimum absolute atomic E-state index is 0.0339. The number of carboxylic acid groups (broad SMARTS) is 1. The number of nitrogens with zero attached hydrogens (tertiary/aromatic N) is 3. The molecule has 254 valence electrons. The van der Waals surface area contributed by atoms with Gasteiger partial charge in [0.25, 0.3) is 5.69 Å². The van der Waals surface area contributed by atoms with Gasteiger partial charge in [0.1, 0.15) is 0 Å². The van der Waals surface area contributed by atoms with Crippen molar-refractivity contribution in [3.8, 4) is 17.2 Å². The maximum Gasteiger partial charge on any atom is 0.318 e. The maximum atomic E-state index is 14.1. The molecular weight excluding hydrogens is 646 g/mol. The SMILES string of the molecule is CCOc1cc(C2C3=C(CC(C)(C)CC3=O)N(CCC(=O)O)C3=C2C(=O)CC(C)(C)C3)cc(Cl)c1Oc1ccc([N+](=O)[O-])cc1[N+](=O)[O-]. The van der Waals surface area contributed by atoms with Gasteiger partial charge in [-0.15, -0.1) is 0 Å². The fraction of sp³-hybridized carbons (Fsp3) is 0.441. The van der Waals surface area contributed by atoms with Gasteiger partial charge in [0.2, 0.25) is 5.75 Å². The molecule has 48 heavy (non-hydrogen) atoms. The average molecular weight is 682 g/mol. The van der Waals surface area contributed by atoms with E-state index in [-0.39, 0.29) is 66.3 Å². The van der Waals surface area contributed by atoms with E-state index in [0.29, 0.717) is 40.9 Å². The molecule has 0 unspecified atom stereocenters. The van der Waals surface area contributed by atoms with Crippen molar-refractivity contribution in [2.45, 2.75) is 72.6 Å². The number of rotatable bonds is 10. The normalized spacial score (nSPS) is 18.8. The van der Waals surface area contributed by atoms with Crippen molar-refractivity contribution in [3.05, 3.63) is 83.7 Å². The first-order valence-electron chi connectivity index (χ1n) is 15.5. The lowest BCUT2D eigenvalue weighted by atomic mass is 9.63. The molecule has 0 spiro atoms. The number of hydrogen-bond acceptors (Lipinski definition) is 10. The van der Waals surface area contributed by atoms with Crippen LogP contribution in [-0.2, 0) is 14.4 Å². The number of allylic oxidation sites excluding steroid dienone is 4. The summed E-state index contributed by atoms with van der Waals surface area (Å²) in [5.41, 5.74) is 0.659. The zero-order valence-electron chi connectivity index (χ0n) is 27.3. The number of carbonyl (C=O) groups excluding carboxylic acids is 2. The molecule has 2 aliphatic carbocycles. The largest absolute Gasteiger partial charge is 0.490 e. The van der Waals surface area contributed by atoms with Gasteiger partial charge in [-0.1, -0.05) is 39.3 Å². The Morgan fingerprint density at radius 1 is 0.938 bits per heavy atom. The summed E-state index contributed by atoms with van der Waals surface area (Å²) in [6.45, 7) is 9.85. The topological polar surface area (TPSA) is 179 Å². The zero-order chi connectivity index (χ0) is 35.3. The van der Waals surface area contributed by atoms with Gasteiger partial charge in [0.05, 0.1) is 34.0 Å². The zero-order valence-corrected chi connectivity index (χ0v) is 28.0. The summed E-state index contributed by atoms with van der Waals surface area (Å²) in [7, 11) is 0. The number of nitro groups is 2. The van der Waals surface area contributed by atoms with Gasteiger partial charge in [-0.2, -0.15) is 0 Å². The molecule has 1 N–H and O–H groups in total. The summed E-state index contributed by atoms with van der Waals surface area (Å²) in [5, 5.41) is 32.6. The molecule has 0 saturated heterocycles. The van der Waals surface area contributed by atoms with E-state index in [9.17, 15) is 39.7 Å². The fourth-order valence-corrected chi connectivity index (χ4v) is 7.19. The summed E-state index contributed by atoms with van der Waals surface area (Å²) in [4.78, 5) is 63.2. The quantitative estimate of drug-likeness (QED) is 0.194. The van der Waals surface area contributed by atoms with E-state index in [1.54, 1.807) is 13.0 Å². The smallest absolute Gasteiger partial charge is 0.318 e. The summed E-state index contributed by atoms with van der Waals surface area (Å²) in [5.74, 6) is -2.47. The highest BCUT2D eigenvalue weighted by Crippen LogP contribution is 2.56.